The zero-order valence-corrected chi connectivity index (χ0v) is 13.9. The largest absolute Gasteiger partial charge is 0.244 e. The van der Waals surface area contributed by atoms with Gasteiger partial charge in [0.1, 0.15) is 10.0 Å². The zero-order valence-electron chi connectivity index (χ0n) is 11.6. The van der Waals surface area contributed by atoms with Crippen LogP contribution in [0.25, 0.3) is 0 Å². The van der Waals surface area contributed by atoms with Gasteiger partial charge < -0.3 is 0 Å². The van der Waals surface area contributed by atoms with E-state index < -0.39 is 10.0 Å². The minimum atomic E-state index is -3.63. The molecule has 4 nitrogen and oxygen atoms in total. The summed E-state index contributed by atoms with van der Waals surface area (Å²) >= 11 is 11.5. The molecule has 7 heteroatoms. The molecule has 1 rings (SSSR count). The average Bonchev–Trinajstić information content (AvgIpc) is 2.29. The normalized spacial score (nSPS) is 14.7. The van der Waals surface area contributed by atoms with Crippen molar-refractivity contribution in [2.24, 2.45) is 5.41 Å². The van der Waals surface area contributed by atoms with Crippen molar-refractivity contribution in [1.29, 1.82) is 0 Å². The lowest BCUT2D eigenvalue weighted by Crippen LogP contribution is -2.42. The van der Waals surface area contributed by atoms with Gasteiger partial charge in [-0.15, -0.1) is 0 Å². The van der Waals surface area contributed by atoms with Gasteiger partial charge in [-0.1, -0.05) is 44.0 Å². The highest BCUT2D eigenvalue weighted by atomic mass is 35.5. The van der Waals surface area contributed by atoms with Crippen molar-refractivity contribution >= 4 is 33.2 Å². The van der Waals surface area contributed by atoms with Gasteiger partial charge in [0.15, 0.2) is 0 Å². The Morgan fingerprint density at radius 1 is 1.32 bits per heavy atom. The first-order valence-electron chi connectivity index (χ1n) is 5.77. The van der Waals surface area contributed by atoms with Crippen molar-refractivity contribution in [1.82, 2.24) is 9.29 Å². The molecular formula is C12H18Cl2N2O2S. The van der Waals surface area contributed by atoms with Gasteiger partial charge in [0.05, 0.1) is 5.02 Å². The van der Waals surface area contributed by atoms with Gasteiger partial charge >= 0.3 is 0 Å². The van der Waals surface area contributed by atoms with Gasteiger partial charge in [-0.05, 0) is 18.4 Å². The van der Waals surface area contributed by atoms with Crippen molar-refractivity contribution < 1.29 is 8.42 Å². The number of aromatic nitrogens is 1. The lowest BCUT2D eigenvalue weighted by Gasteiger charge is -2.34. The molecule has 1 atom stereocenters. The summed E-state index contributed by atoms with van der Waals surface area (Å²) in [7, 11) is -2.08. The van der Waals surface area contributed by atoms with Crippen LogP contribution in [-0.2, 0) is 10.0 Å². The number of rotatable bonds is 3. The fourth-order valence-corrected chi connectivity index (χ4v) is 3.32. The number of hydrogen-bond acceptors (Lipinski definition) is 3. The predicted molar refractivity (Wildman–Crippen MR) is 78.1 cm³/mol. The third kappa shape index (κ3) is 3.60. The first-order chi connectivity index (χ1) is 8.48. The molecule has 0 amide bonds. The van der Waals surface area contributed by atoms with E-state index >= 15 is 0 Å². The zero-order chi connectivity index (χ0) is 15.0. The summed E-state index contributed by atoms with van der Waals surface area (Å²) in [5, 5.41) is 0.215. The third-order valence-electron chi connectivity index (χ3n) is 3.25. The van der Waals surface area contributed by atoms with Crippen molar-refractivity contribution in [3.05, 3.63) is 22.4 Å². The molecule has 0 radical (unpaired) electrons. The Bertz CT molecular complexity index is 568. The van der Waals surface area contributed by atoms with Crippen LogP contribution in [0.2, 0.25) is 10.2 Å². The average molecular weight is 325 g/mol. The highest BCUT2D eigenvalue weighted by Gasteiger charge is 2.32. The minimum absolute atomic E-state index is 0.0421. The second-order valence-electron chi connectivity index (χ2n) is 5.51. The van der Waals surface area contributed by atoms with Gasteiger partial charge in [0.25, 0.3) is 0 Å². The molecule has 0 fully saturated rings. The lowest BCUT2D eigenvalue weighted by molar-refractivity contribution is 0.216. The van der Waals surface area contributed by atoms with Crippen LogP contribution in [0.5, 0.6) is 0 Å². The maximum absolute atomic E-state index is 12.5. The predicted octanol–water partition coefficient (Wildman–Crippen LogP) is 3.44. The van der Waals surface area contributed by atoms with E-state index in [1.54, 1.807) is 7.05 Å². The van der Waals surface area contributed by atoms with Crippen LogP contribution in [0.1, 0.15) is 27.7 Å². The van der Waals surface area contributed by atoms with Crippen LogP contribution in [0.4, 0.5) is 0 Å². The summed E-state index contributed by atoms with van der Waals surface area (Å²) in [6, 6.07) is 1.14. The van der Waals surface area contributed by atoms with E-state index in [4.69, 9.17) is 23.2 Å². The fourth-order valence-electron chi connectivity index (χ4n) is 1.46. The molecule has 0 aliphatic rings. The Morgan fingerprint density at radius 3 is 2.26 bits per heavy atom. The Balaban J connectivity index is 3.20. The van der Waals surface area contributed by atoms with E-state index in [0.717, 1.165) is 0 Å². The molecule has 19 heavy (non-hydrogen) atoms. The van der Waals surface area contributed by atoms with Crippen LogP contribution in [0.15, 0.2) is 17.2 Å². The van der Waals surface area contributed by atoms with Crippen molar-refractivity contribution in [2.45, 2.75) is 38.6 Å². The Hall–Kier alpha value is -0.360. The molecular weight excluding hydrogens is 307 g/mol. The quantitative estimate of drug-likeness (QED) is 0.800. The topological polar surface area (TPSA) is 50.3 Å². The highest BCUT2D eigenvalue weighted by molar-refractivity contribution is 7.89. The summed E-state index contributed by atoms with van der Waals surface area (Å²) < 4.78 is 26.3. The van der Waals surface area contributed by atoms with Gasteiger partial charge in [-0.2, -0.15) is 4.31 Å². The van der Waals surface area contributed by atoms with E-state index in [1.807, 2.05) is 27.7 Å². The molecule has 108 valence electrons. The molecule has 0 N–H and O–H groups in total. The summed E-state index contributed by atoms with van der Waals surface area (Å²) in [6.45, 7) is 7.81. The van der Waals surface area contributed by atoms with Crippen LogP contribution in [-0.4, -0.2) is 30.8 Å². The number of halogens is 2. The Kier molecular flexibility index (Phi) is 4.88. The molecule has 1 heterocycles. The molecule has 0 spiro atoms. The van der Waals surface area contributed by atoms with E-state index in [9.17, 15) is 8.42 Å². The molecule has 1 aromatic rings. The van der Waals surface area contributed by atoms with Crippen LogP contribution >= 0.6 is 23.2 Å². The minimum Gasteiger partial charge on any atom is -0.242 e. The van der Waals surface area contributed by atoms with Crippen LogP contribution in [0, 0.1) is 5.41 Å². The van der Waals surface area contributed by atoms with E-state index in [2.05, 4.69) is 4.98 Å². The first-order valence-corrected chi connectivity index (χ1v) is 7.96. The monoisotopic (exact) mass is 324 g/mol. The van der Waals surface area contributed by atoms with E-state index in [0.29, 0.717) is 0 Å². The van der Waals surface area contributed by atoms with Crippen molar-refractivity contribution in [3.63, 3.8) is 0 Å². The number of nitrogens with zero attached hydrogens (tertiary/aromatic N) is 2. The summed E-state index contributed by atoms with van der Waals surface area (Å²) in [5.74, 6) is 0. The lowest BCUT2D eigenvalue weighted by atomic mass is 9.88. The Labute approximate surface area is 124 Å². The van der Waals surface area contributed by atoms with Gasteiger partial charge in [-0.3, -0.25) is 0 Å². The van der Waals surface area contributed by atoms with Gasteiger partial charge in [0.2, 0.25) is 10.0 Å². The second-order valence-corrected chi connectivity index (χ2v) is 8.27. The summed E-state index contributed by atoms with van der Waals surface area (Å²) in [6.07, 6.45) is 1.22. The van der Waals surface area contributed by atoms with E-state index in [1.165, 1.54) is 16.6 Å². The SMILES string of the molecule is CC(N(C)S(=O)(=O)c1cnc(Cl)c(Cl)c1)C(C)(C)C. The maximum Gasteiger partial charge on any atom is 0.244 e. The smallest absolute Gasteiger partial charge is 0.242 e. The number of sulfonamides is 1. The van der Waals surface area contributed by atoms with Crippen molar-refractivity contribution in [3.8, 4) is 0 Å². The first kappa shape index (κ1) is 16.7. The Morgan fingerprint density at radius 2 is 1.84 bits per heavy atom. The number of pyridine rings is 1. The second kappa shape index (κ2) is 5.56. The van der Waals surface area contributed by atoms with Gasteiger partial charge in [0, 0.05) is 19.3 Å². The molecule has 0 aliphatic carbocycles. The molecule has 0 bridgehead atoms. The van der Waals surface area contributed by atoms with Crippen LogP contribution in [0.3, 0.4) is 0 Å². The standard InChI is InChI=1S/C12H18Cl2N2O2S/c1-8(12(2,3)4)16(5)19(17,18)9-6-10(13)11(14)15-7-9/h6-8H,1-5H3. The van der Waals surface area contributed by atoms with Gasteiger partial charge in [-0.25, -0.2) is 13.4 Å². The molecule has 1 unspecified atom stereocenters. The molecule has 0 aliphatic heterocycles. The third-order valence-corrected chi connectivity index (χ3v) is 5.83. The fraction of sp³-hybridized carbons (Fsp3) is 0.583. The van der Waals surface area contributed by atoms with Crippen LogP contribution < -0.4 is 0 Å². The summed E-state index contributed by atoms with van der Waals surface area (Å²) in [5.41, 5.74) is -0.175. The maximum atomic E-state index is 12.5. The molecule has 1 aromatic heterocycles. The highest BCUT2D eigenvalue weighted by Crippen LogP contribution is 2.29. The molecule has 0 aromatic carbocycles. The van der Waals surface area contributed by atoms with Crippen molar-refractivity contribution in [2.75, 3.05) is 7.05 Å². The van der Waals surface area contributed by atoms with E-state index in [-0.39, 0.29) is 26.5 Å². The molecule has 0 saturated carbocycles. The molecule has 0 saturated heterocycles. The number of hydrogen-bond donors (Lipinski definition) is 0. The summed E-state index contributed by atoms with van der Waals surface area (Å²) in [4.78, 5) is 3.82.